The van der Waals surface area contributed by atoms with E-state index >= 15 is 0 Å². The molecule has 2 unspecified atom stereocenters. The van der Waals surface area contributed by atoms with Crippen molar-refractivity contribution in [3.8, 4) is 22.4 Å². The Morgan fingerprint density at radius 3 is 2.47 bits per heavy atom. The van der Waals surface area contributed by atoms with Crippen LogP contribution in [-0.2, 0) is 4.74 Å². The van der Waals surface area contributed by atoms with Gasteiger partial charge in [0, 0.05) is 17.7 Å². The number of hydrogen-bond donors (Lipinski definition) is 2. The van der Waals surface area contributed by atoms with E-state index in [0.717, 1.165) is 28.7 Å². The SMILES string of the molecule is O=C(O)OC1CCCN1C(c1ccc(-c2ccccc2)cc1)c1cn[nH]c1-c1ccccc1F. The van der Waals surface area contributed by atoms with Crippen LogP contribution in [0.15, 0.2) is 85.1 Å². The Labute approximate surface area is 196 Å². The molecule has 34 heavy (non-hydrogen) atoms. The Morgan fingerprint density at radius 2 is 1.74 bits per heavy atom. The first-order valence-corrected chi connectivity index (χ1v) is 11.2. The van der Waals surface area contributed by atoms with Crippen LogP contribution >= 0.6 is 0 Å². The van der Waals surface area contributed by atoms with Crippen molar-refractivity contribution < 1.29 is 19.0 Å². The number of hydrogen-bond acceptors (Lipinski definition) is 4. The van der Waals surface area contributed by atoms with Gasteiger partial charge in [-0.3, -0.25) is 10.00 Å². The second kappa shape index (κ2) is 9.49. The molecule has 1 fully saturated rings. The van der Waals surface area contributed by atoms with Crippen LogP contribution < -0.4 is 0 Å². The first-order valence-electron chi connectivity index (χ1n) is 11.2. The normalized spacial score (nSPS) is 16.9. The number of aromatic nitrogens is 2. The summed E-state index contributed by atoms with van der Waals surface area (Å²) in [6, 6.07) is 24.4. The van der Waals surface area contributed by atoms with Gasteiger partial charge in [-0.1, -0.05) is 66.7 Å². The molecule has 0 aliphatic carbocycles. The number of rotatable bonds is 6. The fourth-order valence-corrected chi connectivity index (χ4v) is 4.72. The van der Waals surface area contributed by atoms with Crippen LogP contribution in [-0.4, -0.2) is 39.1 Å². The van der Waals surface area contributed by atoms with Crippen molar-refractivity contribution in [1.82, 2.24) is 15.1 Å². The van der Waals surface area contributed by atoms with Crippen LogP contribution in [0.3, 0.4) is 0 Å². The van der Waals surface area contributed by atoms with Gasteiger partial charge in [0.2, 0.25) is 0 Å². The number of likely N-dealkylation sites (tertiary alicyclic amines) is 1. The summed E-state index contributed by atoms with van der Waals surface area (Å²) in [6.45, 7) is 0.644. The van der Waals surface area contributed by atoms with E-state index in [9.17, 15) is 14.3 Å². The number of carboxylic acid groups (broad SMARTS) is 1. The van der Waals surface area contributed by atoms with Crippen LogP contribution in [0.25, 0.3) is 22.4 Å². The molecule has 1 aliphatic heterocycles. The van der Waals surface area contributed by atoms with Gasteiger partial charge >= 0.3 is 6.16 Å². The topological polar surface area (TPSA) is 78.5 Å². The van der Waals surface area contributed by atoms with Gasteiger partial charge in [-0.2, -0.15) is 5.10 Å². The van der Waals surface area contributed by atoms with Crippen molar-refractivity contribution in [3.05, 3.63) is 102 Å². The van der Waals surface area contributed by atoms with Gasteiger partial charge in [0.15, 0.2) is 6.23 Å². The van der Waals surface area contributed by atoms with Crippen molar-refractivity contribution in [2.75, 3.05) is 6.54 Å². The average Bonchev–Trinajstić information content (AvgIpc) is 3.51. The van der Waals surface area contributed by atoms with E-state index in [1.165, 1.54) is 6.07 Å². The second-order valence-corrected chi connectivity index (χ2v) is 8.29. The van der Waals surface area contributed by atoms with E-state index < -0.39 is 12.4 Å². The van der Waals surface area contributed by atoms with Crippen LogP contribution in [0.4, 0.5) is 9.18 Å². The maximum Gasteiger partial charge on any atom is 0.507 e. The molecule has 5 rings (SSSR count). The Hall–Kier alpha value is -3.97. The number of ether oxygens (including phenoxy) is 1. The lowest BCUT2D eigenvalue weighted by atomic mass is 9.93. The first-order chi connectivity index (χ1) is 16.6. The second-order valence-electron chi connectivity index (χ2n) is 8.29. The van der Waals surface area contributed by atoms with Crippen LogP contribution in [0.2, 0.25) is 0 Å². The molecule has 2 heterocycles. The van der Waals surface area contributed by atoms with E-state index in [2.05, 4.69) is 22.3 Å². The predicted octanol–water partition coefficient (Wildman–Crippen LogP) is 6.09. The zero-order valence-electron chi connectivity index (χ0n) is 18.4. The lowest BCUT2D eigenvalue weighted by Crippen LogP contribution is -2.37. The number of carbonyl (C=O) groups is 1. The maximum atomic E-state index is 14.7. The molecule has 3 aromatic carbocycles. The summed E-state index contributed by atoms with van der Waals surface area (Å²) in [5.74, 6) is -0.356. The van der Waals surface area contributed by atoms with Gasteiger partial charge < -0.3 is 9.84 Å². The van der Waals surface area contributed by atoms with Crippen molar-refractivity contribution in [3.63, 3.8) is 0 Å². The average molecular weight is 458 g/mol. The van der Waals surface area contributed by atoms with Gasteiger partial charge in [-0.05, 0) is 41.7 Å². The number of H-pyrrole nitrogens is 1. The van der Waals surface area contributed by atoms with E-state index in [0.29, 0.717) is 24.2 Å². The highest BCUT2D eigenvalue weighted by Crippen LogP contribution is 2.40. The van der Waals surface area contributed by atoms with E-state index in [4.69, 9.17) is 4.74 Å². The lowest BCUT2D eigenvalue weighted by molar-refractivity contribution is -0.0253. The van der Waals surface area contributed by atoms with Crippen molar-refractivity contribution in [2.45, 2.75) is 25.1 Å². The third-order valence-electron chi connectivity index (χ3n) is 6.25. The molecule has 4 aromatic rings. The third kappa shape index (κ3) is 4.30. The predicted molar refractivity (Wildman–Crippen MR) is 127 cm³/mol. The molecule has 1 saturated heterocycles. The molecule has 172 valence electrons. The van der Waals surface area contributed by atoms with Crippen LogP contribution in [0.1, 0.15) is 30.0 Å². The number of halogens is 1. The summed E-state index contributed by atoms with van der Waals surface area (Å²) in [6.07, 6.45) is 1.17. The van der Waals surface area contributed by atoms with E-state index in [1.807, 2.05) is 47.4 Å². The zero-order chi connectivity index (χ0) is 23.5. The molecule has 0 radical (unpaired) electrons. The van der Waals surface area contributed by atoms with Gasteiger partial charge in [-0.25, -0.2) is 9.18 Å². The standard InChI is InChI=1S/C27H24FN3O3/c28-23-10-5-4-9-21(23)25-22(17-29-30-25)26(31-16-6-11-24(31)34-27(32)33)20-14-12-19(13-15-20)18-7-2-1-3-8-18/h1-5,7-10,12-15,17,24,26H,6,11,16H2,(H,29,30)(H,32,33). The summed E-state index contributed by atoms with van der Waals surface area (Å²) in [7, 11) is 0. The summed E-state index contributed by atoms with van der Waals surface area (Å²) in [5.41, 5.74) is 4.86. The van der Waals surface area contributed by atoms with Crippen molar-refractivity contribution >= 4 is 6.16 Å². The molecular formula is C27H24FN3O3. The highest BCUT2D eigenvalue weighted by molar-refractivity contribution is 5.66. The van der Waals surface area contributed by atoms with Crippen LogP contribution in [0, 0.1) is 5.82 Å². The Bertz CT molecular complexity index is 1270. The first kappa shape index (κ1) is 21.9. The minimum atomic E-state index is -1.31. The monoisotopic (exact) mass is 457 g/mol. The molecule has 6 nitrogen and oxygen atoms in total. The summed E-state index contributed by atoms with van der Waals surface area (Å²) < 4.78 is 19.9. The maximum absolute atomic E-state index is 14.7. The van der Waals surface area contributed by atoms with Gasteiger partial charge in [-0.15, -0.1) is 0 Å². The molecule has 0 saturated carbocycles. The molecule has 2 atom stereocenters. The highest BCUT2D eigenvalue weighted by atomic mass is 19.1. The van der Waals surface area contributed by atoms with Crippen molar-refractivity contribution in [1.29, 1.82) is 0 Å². The van der Waals surface area contributed by atoms with E-state index in [-0.39, 0.29) is 11.9 Å². The minimum absolute atomic E-state index is 0.356. The van der Waals surface area contributed by atoms with Crippen LogP contribution in [0.5, 0.6) is 0 Å². The molecule has 1 aromatic heterocycles. The number of aromatic amines is 1. The third-order valence-corrected chi connectivity index (χ3v) is 6.25. The largest absolute Gasteiger partial charge is 0.507 e. The summed E-state index contributed by atoms with van der Waals surface area (Å²) >= 11 is 0. The molecule has 7 heteroatoms. The van der Waals surface area contributed by atoms with Gasteiger partial charge in [0.05, 0.1) is 17.9 Å². The van der Waals surface area contributed by atoms with E-state index in [1.54, 1.807) is 24.4 Å². The molecule has 0 spiro atoms. The minimum Gasteiger partial charge on any atom is -0.450 e. The smallest absolute Gasteiger partial charge is 0.450 e. The molecule has 2 N–H and O–H groups in total. The number of benzene rings is 3. The molecule has 1 aliphatic rings. The molecule has 0 bridgehead atoms. The molecular weight excluding hydrogens is 433 g/mol. The lowest BCUT2D eigenvalue weighted by Gasteiger charge is -2.32. The fourth-order valence-electron chi connectivity index (χ4n) is 4.72. The van der Waals surface area contributed by atoms with Crippen molar-refractivity contribution in [2.24, 2.45) is 0 Å². The zero-order valence-corrected chi connectivity index (χ0v) is 18.4. The summed E-state index contributed by atoms with van der Waals surface area (Å²) in [5, 5.41) is 16.5. The Morgan fingerprint density at radius 1 is 1.03 bits per heavy atom. The number of nitrogens with one attached hydrogen (secondary N) is 1. The Balaban J connectivity index is 1.59. The quantitative estimate of drug-likeness (QED) is 0.343. The Kier molecular flexibility index (Phi) is 6.10. The highest BCUT2D eigenvalue weighted by Gasteiger charge is 2.37. The van der Waals surface area contributed by atoms with Gasteiger partial charge in [0.1, 0.15) is 5.82 Å². The fraction of sp³-hybridized carbons (Fsp3) is 0.185. The summed E-state index contributed by atoms with van der Waals surface area (Å²) in [4.78, 5) is 13.4. The number of nitrogens with zero attached hydrogens (tertiary/aromatic N) is 2. The van der Waals surface area contributed by atoms with Gasteiger partial charge in [0.25, 0.3) is 0 Å². The molecule has 0 amide bonds.